The van der Waals surface area contributed by atoms with Gasteiger partial charge in [0.05, 0.1) is 28.8 Å². The number of carbonyl (C=O) groups excluding carboxylic acids is 3. The molecule has 0 aromatic heterocycles. The van der Waals surface area contributed by atoms with Gasteiger partial charge in [-0.05, 0) is 50.1 Å². The molecule has 2 aliphatic heterocycles. The number of benzene rings is 2. The minimum Gasteiger partial charge on any atom is -0.489 e. The number of hydrogen-bond acceptors (Lipinski definition) is 5. The standard InChI is InChI=1S/C28H31F3N4O4/c29-28(30,31)21-9-2-3-10-22(21)34-24(36)18-35-16-7-13-27(19-35)12-5-6-17-39-23-11-4-1-8-20(23)25(37)32-14-15-33-26(27)38/h1-6,8-11H,7,12-19H2,(H,32,37)(H,33,38)(H,34,36)/b6-5-. The van der Waals surface area contributed by atoms with Crippen molar-refractivity contribution >= 4 is 23.4 Å². The number of carbonyl (C=O) groups is 3. The maximum Gasteiger partial charge on any atom is 0.418 e. The lowest BCUT2D eigenvalue weighted by Crippen LogP contribution is -2.53. The number of amides is 3. The maximum absolute atomic E-state index is 13.4. The molecule has 1 fully saturated rings. The summed E-state index contributed by atoms with van der Waals surface area (Å²) >= 11 is 0. The van der Waals surface area contributed by atoms with Crippen molar-refractivity contribution in [1.82, 2.24) is 15.5 Å². The largest absolute Gasteiger partial charge is 0.489 e. The summed E-state index contributed by atoms with van der Waals surface area (Å²) in [7, 11) is 0. The Balaban J connectivity index is 1.45. The van der Waals surface area contributed by atoms with Crippen LogP contribution in [-0.2, 0) is 15.8 Å². The number of nitrogens with zero attached hydrogens (tertiary/aromatic N) is 1. The number of rotatable bonds is 3. The Labute approximate surface area is 224 Å². The molecule has 0 saturated carbocycles. The zero-order valence-corrected chi connectivity index (χ0v) is 21.4. The zero-order chi connectivity index (χ0) is 27.9. The SMILES string of the molecule is O=C(CN1CCCC2(C/C=C\COc3ccccc3C(=O)NCCNC2=O)C1)Nc1ccccc1C(F)(F)F. The van der Waals surface area contributed by atoms with E-state index in [4.69, 9.17) is 4.74 Å². The van der Waals surface area contributed by atoms with Crippen LogP contribution in [0.15, 0.2) is 60.7 Å². The molecule has 11 heteroatoms. The van der Waals surface area contributed by atoms with E-state index in [2.05, 4.69) is 16.0 Å². The van der Waals surface area contributed by atoms with E-state index in [-0.39, 0.29) is 50.3 Å². The number of para-hydroxylation sites is 2. The number of fused-ring (bicyclic) bond motifs is 1. The first-order chi connectivity index (χ1) is 18.7. The molecule has 2 aromatic rings. The minimum atomic E-state index is -4.60. The Morgan fingerprint density at radius 1 is 1.03 bits per heavy atom. The predicted octanol–water partition coefficient (Wildman–Crippen LogP) is 3.61. The molecule has 3 amide bonds. The number of piperidine rings is 1. The molecule has 2 heterocycles. The van der Waals surface area contributed by atoms with Crippen molar-refractivity contribution in [2.24, 2.45) is 5.41 Å². The van der Waals surface area contributed by atoms with E-state index in [0.717, 1.165) is 6.07 Å². The fourth-order valence-corrected chi connectivity index (χ4v) is 4.97. The number of anilines is 1. The average molecular weight is 545 g/mol. The summed E-state index contributed by atoms with van der Waals surface area (Å²) in [5, 5.41) is 8.07. The third kappa shape index (κ3) is 7.17. The van der Waals surface area contributed by atoms with Gasteiger partial charge in [-0.2, -0.15) is 13.2 Å². The van der Waals surface area contributed by atoms with Crippen molar-refractivity contribution in [2.75, 3.05) is 44.6 Å². The lowest BCUT2D eigenvalue weighted by Gasteiger charge is -2.41. The highest BCUT2D eigenvalue weighted by Gasteiger charge is 2.41. The molecular formula is C28H31F3N4O4. The second kappa shape index (κ2) is 12.3. The van der Waals surface area contributed by atoms with Crippen LogP contribution in [-0.4, -0.2) is 62.0 Å². The van der Waals surface area contributed by atoms with Crippen molar-refractivity contribution in [3.8, 4) is 5.75 Å². The van der Waals surface area contributed by atoms with Crippen LogP contribution in [0, 0.1) is 5.41 Å². The molecule has 39 heavy (non-hydrogen) atoms. The molecule has 0 bridgehead atoms. The molecular weight excluding hydrogens is 513 g/mol. The quantitative estimate of drug-likeness (QED) is 0.513. The minimum absolute atomic E-state index is 0.152. The highest BCUT2D eigenvalue weighted by molar-refractivity contribution is 5.97. The van der Waals surface area contributed by atoms with Crippen LogP contribution in [0.1, 0.15) is 35.2 Å². The van der Waals surface area contributed by atoms with Gasteiger partial charge in [0.15, 0.2) is 0 Å². The molecule has 1 atom stereocenters. The average Bonchev–Trinajstić information content (AvgIpc) is 2.90. The van der Waals surface area contributed by atoms with Gasteiger partial charge in [-0.25, -0.2) is 0 Å². The molecule has 1 saturated heterocycles. The van der Waals surface area contributed by atoms with Crippen LogP contribution in [0.4, 0.5) is 18.9 Å². The molecule has 3 N–H and O–H groups in total. The van der Waals surface area contributed by atoms with Crippen LogP contribution in [0.3, 0.4) is 0 Å². The fourth-order valence-electron chi connectivity index (χ4n) is 4.97. The fraction of sp³-hybridized carbons (Fsp3) is 0.393. The summed E-state index contributed by atoms with van der Waals surface area (Å²) in [6, 6.07) is 11.7. The topological polar surface area (TPSA) is 99.8 Å². The van der Waals surface area contributed by atoms with Crippen LogP contribution in [0.5, 0.6) is 5.75 Å². The molecule has 2 aliphatic rings. The molecule has 4 rings (SSSR count). The van der Waals surface area contributed by atoms with Crippen LogP contribution >= 0.6 is 0 Å². The summed E-state index contributed by atoms with van der Waals surface area (Å²) in [5.74, 6) is -0.641. The van der Waals surface area contributed by atoms with Crippen molar-refractivity contribution < 1.29 is 32.3 Å². The normalized spacial score (nSPS) is 22.0. The molecule has 0 aliphatic carbocycles. The van der Waals surface area contributed by atoms with Gasteiger partial charge in [0.1, 0.15) is 12.4 Å². The van der Waals surface area contributed by atoms with E-state index in [1.807, 2.05) is 6.08 Å². The van der Waals surface area contributed by atoms with Gasteiger partial charge in [-0.1, -0.05) is 36.4 Å². The van der Waals surface area contributed by atoms with Gasteiger partial charge in [0, 0.05) is 19.6 Å². The molecule has 2 aromatic carbocycles. The summed E-state index contributed by atoms with van der Waals surface area (Å²) in [6.07, 6.45) is 0.653. The van der Waals surface area contributed by atoms with Gasteiger partial charge in [-0.3, -0.25) is 19.3 Å². The monoisotopic (exact) mass is 544 g/mol. The molecule has 0 radical (unpaired) electrons. The van der Waals surface area contributed by atoms with Gasteiger partial charge in [0.25, 0.3) is 5.91 Å². The van der Waals surface area contributed by atoms with E-state index in [1.165, 1.54) is 18.2 Å². The first kappa shape index (κ1) is 28.2. The summed E-state index contributed by atoms with van der Waals surface area (Å²) < 4.78 is 45.8. The van der Waals surface area contributed by atoms with Crippen LogP contribution < -0.4 is 20.7 Å². The third-order valence-corrected chi connectivity index (χ3v) is 6.85. The number of likely N-dealkylation sites (tertiary alicyclic amines) is 1. The van der Waals surface area contributed by atoms with Gasteiger partial charge in [0.2, 0.25) is 11.8 Å². The lowest BCUT2D eigenvalue weighted by atomic mass is 9.76. The smallest absolute Gasteiger partial charge is 0.418 e. The summed E-state index contributed by atoms with van der Waals surface area (Å²) in [6.45, 7) is 1.27. The number of alkyl halides is 3. The Kier molecular flexibility index (Phi) is 8.90. The second-order valence-corrected chi connectivity index (χ2v) is 9.68. The highest BCUT2D eigenvalue weighted by Crippen LogP contribution is 2.36. The van der Waals surface area contributed by atoms with E-state index in [1.54, 1.807) is 35.2 Å². The lowest BCUT2D eigenvalue weighted by molar-refractivity contribution is -0.137. The first-order valence-corrected chi connectivity index (χ1v) is 12.8. The van der Waals surface area contributed by atoms with Gasteiger partial charge >= 0.3 is 6.18 Å². The number of halogens is 3. The molecule has 208 valence electrons. The van der Waals surface area contributed by atoms with Gasteiger partial charge in [-0.15, -0.1) is 0 Å². The number of allylic oxidation sites excluding steroid dienone is 1. The number of nitrogens with one attached hydrogen (secondary N) is 3. The Bertz CT molecular complexity index is 1230. The number of hydrogen-bond donors (Lipinski definition) is 3. The van der Waals surface area contributed by atoms with E-state index < -0.39 is 23.1 Å². The molecule has 1 unspecified atom stereocenters. The Hall–Kier alpha value is -3.86. The zero-order valence-electron chi connectivity index (χ0n) is 21.4. The maximum atomic E-state index is 13.4. The first-order valence-electron chi connectivity index (χ1n) is 12.8. The van der Waals surface area contributed by atoms with Crippen molar-refractivity contribution in [3.05, 3.63) is 71.8 Å². The van der Waals surface area contributed by atoms with E-state index in [9.17, 15) is 27.6 Å². The molecule has 8 nitrogen and oxygen atoms in total. The summed E-state index contributed by atoms with van der Waals surface area (Å²) in [5.41, 5.74) is -1.65. The Morgan fingerprint density at radius 3 is 2.59 bits per heavy atom. The van der Waals surface area contributed by atoms with E-state index in [0.29, 0.717) is 37.1 Å². The van der Waals surface area contributed by atoms with E-state index >= 15 is 0 Å². The molecule has 1 spiro atoms. The Morgan fingerprint density at radius 2 is 1.77 bits per heavy atom. The van der Waals surface area contributed by atoms with Crippen molar-refractivity contribution in [3.63, 3.8) is 0 Å². The third-order valence-electron chi connectivity index (χ3n) is 6.85. The summed E-state index contributed by atoms with van der Waals surface area (Å²) in [4.78, 5) is 40.5. The second-order valence-electron chi connectivity index (χ2n) is 9.68. The van der Waals surface area contributed by atoms with Crippen molar-refractivity contribution in [1.29, 1.82) is 0 Å². The number of ether oxygens (including phenoxy) is 1. The predicted molar refractivity (Wildman–Crippen MR) is 139 cm³/mol. The van der Waals surface area contributed by atoms with Gasteiger partial charge < -0.3 is 20.7 Å². The highest BCUT2D eigenvalue weighted by atomic mass is 19.4. The van der Waals surface area contributed by atoms with Crippen LogP contribution in [0.25, 0.3) is 0 Å². The van der Waals surface area contributed by atoms with Crippen LogP contribution in [0.2, 0.25) is 0 Å². The van der Waals surface area contributed by atoms with Crippen molar-refractivity contribution in [2.45, 2.75) is 25.4 Å².